The van der Waals surface area contributed by atoms with Crippen molar-refractivity contribution in [1.29, 1.82) is 0 Å². The van der Waals surface area contributed by atoms with E-state index in [-0.39, 0.29) is 0 Å². The van der Waals surface area contributed by atoms with Gasteiger partial charge in [-0.3, -0.25) is 4.79 Å². The fourth-order valence-corrected chi connectivity index (χ4v) is 3.99. The molecule has 1 aliphatic carbocycles. The Morgan fingerprint density at radius 3 is 2.61 bits per heavy atom. The van der Waals surface area contributed by atoms with Gasteiger partial charge in [-0.25, -0.2) is 0 Å². The molecule has 3 aliphatic rings. The SMILES string of the molecule is CC1CCC(C(=O)N2C[C@@H]3CCCN[C@@H]3C2)CC1. The highest BCUT2D eigenvalue weighted by Gasteiger charge is 2.38. The number of nitrogens with zero attached hydrogens (tertiary/aromatic N) is 1. The number of carbonyl (C=O) groups excluding carboxylic acids is 1. The molecule has 3 nitrogen and oxygen atoms in total. The lowest BCUT2D eigenvalue weighted by Gasteiger charge is -2.29. The molecule has 0 unspecified atom stereocenters. The van der Waals surface area contributed by atoms with Crippen LogP contribution in [0.2, 0.25) is 0 Å². The zero-order valence-electron chi connectivity index (χ0n) is 11.5. The van der Waals surface area contributed by atoms with E-state index in [1.165, 1.54) is 25.7 Å². The van der Waals surface area contributed by atoms with Crippen molar-refractivity contribution in [2.45, 2.75) is 51.5 Å². The first-order valence-electron chi connectivity index (χ1n) is 7.76. The van der Waals surface area contributed by atoms with Crippen molar-refractivity contribution in [2.75, 3.05) is 19.6 Å². The number of fused-ring (bicyclic) bond motifs is 1. The number of hydrogen-bond acceptors (Lipinski definition) is 2. The Kier molecular flexibility index (Phi) is 3.60. The summed E-state index contributed by atoms with van der Waals surface area (Å²) in [6.45, 7) is 5.44. The number of carbonyl (C=O) groups is 1. The summed E-state index contributed by atoms with van der Waals surface area (Å²) in [4.78, 5) is 14.7. The quantitative estimate of drug-likeness (QED) is 0.772. The summed E-state index contributed by atoms with van der Waals surface area (Å²) in [6.07, 6.45) is 7.33. The lowest BCUT2D eigenvalue weighted by atomic mass is 9.82. The van der Waals surface area contributed by atoms with Crippen LogP contribution in [0.3, 0.4) is 0 Å². The van der Waals surface area contributed by atoms with Gasteiger partial charge in [-0.1, -0.05) is 6.92 Å². The molecule has 3 rings (SSSR count). The normalized spacial score (nSPS) is 40.6. The third-order valence-electron chi connectivity index (χ3n) is 5.28. The second-order valence-electron chi connectivity index (χ2n) is 6.66. The number of likely N-dealkylation sites (tertiary alicyclic amines) is 1. The lowest BCUT2D eigenvalue weighted by Crippen LogP contribution is -2.41. The van der Waals surface area contributed by atoms with Gasteiger partial charge < -0.3 is 10.2 Å². The molecule has 2 saturated heterocycles. The van der Waals surface area contributed by atoms with E-state index < -0.39 is 0 Å². The summed E-state index contributed by atoms with van der Waals surface area (Å²) in [5.74, 6) is 2.35. The molecule has 0 spiro atoms. The number of nitrogens with one attached hydrogen (secondary N) is 1. The van der Waals surface area contributed by atoms with Crippen molar-refractivity contribution in [3.63, 3.8) is 0 Å². The van der Waals surface area contributed by atoms with Crippen molar-refractivity contribution in [3.05, 3.63) is 0 Å². The molecule has 0 aromatic rings. The first kappa shape index (κ1) is 12.5. The number of amides is 1. The van der Waals surface area contributed by atoms with Gasteiger partial charge in [0.05, 0.1) is 0 Å². The van der Waals surface area contributed by atoms with Gasteiger partial charge in [-0.2, -0.15) is 0 Å². The molecular weight excluding hydrogens is 224 g/mol. The minimum atomic E-state index is 0.335. The predicted octanol–water partition coefficient (Wildman–Crippen LogP) is 2.02. The maximum absolute atomic E-state index is 12.5. The Bertz CT molecular complexity index is 296. The van der Waals surface area contributed by atoms with E-state index in [9.17, 15) is 4.79 Å². The zero-order chi connectivity index (χ0) is 12.5. The van der Waals surface area contributed by atoms with E-state index in [0.717, 1.165) is 44.3 Å². The minimum absolute atomic E-state index is 0.335. The molecule has 1 saturated carbocycles. The maximum atomic E-state index is 12.5. The van der Waals surface area contributed by atoms with Gasteiger partial charge in [0.25, 0.3) is 0 Å². The van der Waals surface area contributed by atoms with Crippen molar-refractivity contribution in [3.8, 4) is 0 Å². The van der Waals surface area contributed by atoms with Crippen molar-refractivity contribution >= 4 is 5.91 Å². The average Bonchev–Trinajstić information content (AvgIpc) is 2.82. The molecule has 18 heavy (non-hydrogen) atoms. The van der Waals surface area contributed by atoms with Crippen LogP contribution in [0, 0.1) is 17.8 Å². The third-order valence-corrected chi connectivity index (χ3v) is 5.28. The highest BCUT2D eigenvalue weighted by atomic mass is 16.2. The Morgan fingerprint density at radius 2 is 1.89 bits per heavy atom. The van der Waals surface area contributed by atoms with Gasteiger partial charge in [0.1, 0.15) is 0 Å². The van der Waals surface area contributed by atoms with Crippen LogP contribution in [0.4, 0.5) is 0 Å². The molecule has 2 aliphatic heterocycles. The monoisotopic (exact) mass is 250 g/mol. The first-order chi connectivity index (χ1) is 8.74. The van der Waals surface area contributed by atoms with Crippen LogP contribution >= 0.6 is 0 Å². The number of hydrogen-bond donors (Lipinski definition) is 1. The molecule has 3 heteroatoms. The first-order valence-corrected chi connectivity index (χ1v) is 7.76. The maximum Gasteiger partial charge on any atom is 0.225 e. The summed E-state index contributed by atoms with van der Waals surface area (Å²) in [5, 5.41) is 3.58. The number of rotatable bonds is 1. The Labute approximate surface area is 110 Å². The predicted molar refractivity (Wildman–Crippen MR) is 72.2 cm³/mol. The fraction of sp³-hybridized carbons (Fsp3) is 0.933. The summed E-state index contributed by atoms with van der Waals surface area (Å²) >= 11 is 0. The summed E-state index contributed by atoms with van der Waals surface area (Å²) in [7, 11) is 0. The number of piperidine rings is 1. The smallest absolute Gasteiger partial charge is 0.225 e. The van der Waals surface area contributed by atoms with Gasteiger partial charge in [0, 0.05) is 25.0 Å². The van der Waals surface area contributed by atoms with E-state index in [0.29, 0.717) is 17.9 Å². The molecule has 0 aromatic carbocycles. The molecule has 1 amide bonds. The highest BCUT2D eigenvalue weighted by Crippen LogP contribution is 2.32. The fourth-order valence-electron chi connectivity index (χ4n) is 3.99. The zero-order valence-corrected chi connectivity index (χ0v) is 11.5. The van der Waals surface area contributed by atoms with E-state index in [1.807, 2.05) is 0 Å². The van der Waals surface area contributed by atoms with E-state index in [4.69, 9.17) is 0 Å². The molecule has 2 atom stereocenters. The van der Waals surface area contributed by atoms with Gasteiger partial charge in [-0.05, 0) is 56.9 Å². The molecule has 1 N–H and O–H groups in total. The summed E-state index contributed by atoms with van der Waals surface area (Å²) in [5.41, 5.74) is 0. The van der Waals surface area contributed by atoms with Crippen LogP contribution in [-0.4, -0.2) is 36.5 Å². The average molecular weight is 250 g/mol. The Morgan fingerprint density at radius 1 is 1.11 bits per heavy atom. The van der Waals surface area contributed by atoms with Crippen LogP contribution in [0.1, 0.15) is 45.4 Å². The van der Waals surface area contributed by atoms with Crippen molar-refractivity contribution in [2.24, 2.45) is 17.8 Å². The molecule has 102 valence electrons. The molecule has 0 aromatic heterocycles. The largest absolute Gasteiger partial charge is 0.341 e. The third kappa shape index (κ3) is 2.42. The highest BCUT2D eigenvalue weighted by molar-refractivity contribution is 5.79. The van der Waals surface area contributed by atoms with Crippen molar-refractivity contribution in [1.82, 2.24) is 10.2 Å². The molecule has 3 fully saturated rings. The Balaban J connectivity index is 1.57. The minimum Gasteiger partial charge on any atom is -0.341 e. The van der Waals surface area contributed by atoms with Crippen LogP contribution in [0.5, 0.6) is 0 Å². The van der Waals surface area contributed by atoms with E-state index in [1.54, 1.807) is 0 Å². The molecule has 0 bridgehead atoms. The van der Waals surface area contributed by atoms with Gasteiger partial charge in [0.2, 0.25) is 5.91 Å². The Hall–Kier alpha value is -0.570. The van der Waals surface area contributed by atoms with Crippen LogP contribution in [0.15, 0.2) is 0 Å². The molecule has 0 radical (unpaired) electrons. The van der Waals surface area contributed by atoms with Gasteiger partial charge >= 0.3 is 0 Å². The standard InChI is InChI=1S/C15H26N2O/c1-11-4-6-12(7-5-11)15(18)17-9-13-3-2-8-16-14(13)10-17/h11-14,16H,2-10H2,1H3/t11?,12?,13-,14+/m0/s1. The van der Waals surface area contributed by atoms with Gasteiger partial charge in [0.15, 0.2) is 0 Å². The molecular formula is C15H26N2O. The van der Waals surface area contributed by atoms with Crippen LogP contribution in [0.25, 0.3) is 0 Å². The summed E-state index contributed by atoms with van der Waals surface area (Å²) < 4.78 is 0. The second kappa shape index (κ2) is 5.20. The summed E-state index contributed by atoms with van der Waals surface area (Å²) in [6, 6.07) is 0.588. The lowest BCUT2D eigenvalue weighted by molar-refractivity contribution is -0.135. The van der Waals surface area contributed by atoms with Crippen molar-refractivity contribution < 1.29 is 4.79 Å². The van der Waals surface area contributed by atoms with Crippen LogP contribution in [-0.2, 0) is 4.79 Å². The van der Waals surface area contributed by atoms with Crippen LogP contribution < -0.4 is 5.32 Å². The second-order valence-corrected chi connectivity index (χ2v) is 6.66. The van der Waals surface area contributed by atoms with E-state index in [2.05, 4.69) is 17.1 Å². The van der Waals surface area contributed by atoms with Gasteiger partial charge in [-0.15, -0.1) is 0 Å². The van der Waals surface area contributed by atoms with E-state index >= 15 is 0 Å². The molecule has 2 heterocycles. The topological polar surface area (TPSA) is 32.3 Å².